The van der Waals surface area contributed by atoms with Crippen molar-refractivity contribution in [2.24, 2.45) is 0 Å². The molecular weight excluding hydrogens is 162 g/mol. The molecule has 3 nitrogen and oxygen atoms in total. The van der Waals surface area contributed by atoms with E-state index in [1.165, 1.54) is 11.3 Å². The number of rotatable bonds is 4. The first-order valence-corrected chi connectivity index (χ1v) is 4.75. The molecule has 3 heteroatoms. The summed E-state index contributed by atoms with van der Waals surface area (Å²) in [6.07, 6.45) is 3.32. The maximum absolute atomic E-state index is 8.51. The van der Waals surface area contributed by atoms with E-state index in [1.807, 2.05) is 0 Å². The van der Waals surface area contributed by atoms with Crippen LogP contribution in [0.4, 0.5) is 0 Å². The molecule has 0 saturated heterocycles. The minimum absolute atomic E-state index is 0.583. The molecule has 1 aromatic rings. The van der Waals surface area contributed by atoms with Crippen LogP contribution in [-0.2, 0) is 19.3 Å². The molecule has 1 N–H and O–H groups in total. The first kappa shape index (κ1) is 9.79. The number of aromatic nitrogens is 2. The lowest BCUT2D eigenvalue weighted by molar-refractivity contribution is 0.936. The molecular formula is C10H15N3. The van der Waals surface area contributed by atoms with Crippen molar-refractivity contribution in [1.82, 2.24) is 10.2 Å². The monoisotopic (exact) mass is 177 g/mol. The van der Waals surface area contributed by atoms with Gasteiger partial charge >= 0.3 is 0 Å². The van der Waals surface area contributed by atoms with Gasteiger partial charge in [0.25, 0.3) is 0 Å². The van der Waals surface area contributed by atoms with Gasteiger partial charge in [-0.15, -0.1) is 0 Å². The van der Waals surface area contributed by atoms with Crippen LogP contribution in [0.3, 0.4) is 0 Å². The van der Waals surface area contributed by atoms with Gasteiger partial charge in [-0.2, -0.15) is 10.4 Å². The summed E-state index contributed by atoms with van der Waals surface area (Å²) in [4.78, 5) is 0. The van der Waals surface area contributed by atoms with Crippen molar-refractivity contribution in [2.45, 2.75) is 39.5 Å². The van der Waals surface area contributed by atoms with Gasteiger partial charge in [-0.1, -0.05) is 13.8 Å². The molecule has 0 bridgehead atoms. The van der Waals surface area contributed by atoms with Gasteiger partial charge in [0.05, 0.1) is 11.8 Å². The number of nitrogens with one attached hydrogen (secondary N) is 1. The Kier molecular flexibility index (Phi) is 3.51. The van der Waals surface area contributed by atoms with Gasteiger partial charge in [-0.3, -0.25) is 5.10 Å². The molecule has 1 aromatic heterocycles. The maximum atomic E-state index is 8.51. The fourth-order valence-electron chi connectivity index (χ4n) is 1.51. The highest BCUT2D eigenvalue weighted by Gasteiger charge is 2.09. The minimum atomic E-state index is 0.583. The standard InChI is InChI=1S/C10H15N3/c1-3-9-8(6-5-7-11)10(4-2)13-12-9/h3-6H2,1-2H3,(H,12,13). The molecule has 0 amide bonds. The summed E-state index contributed by atoms with van der Waals surface area (Å²) in [6, 6.07) is 2.17. The quantitative estimate of drug-likeness (QED) is 0.764. The smallest absolute Gasteiger partial charge is 0.0654 e. The van der Waals surface area contributed by atoms with E-state index in [4.69, 9.17) is 5.26 Å². The van der Waals surface area contributed by atoms with Crippen LogP contribution in [0.2, 0.25) is 0 Å². The predicted molar refractivity (Wildman–Crippen MR) is 51.3 cm³/mol. The van der Waals surface area contributed by atoms with Crippen LogP contribution < -0.4 is 0 Å². The van der Waals surface area contributed by atoms with E-state index in [9.17, 15) is 0 Å². The lowest BCUT2D eigenvalue weighted by Crippen LogP contribution is -1.93. The Morgan fingerprint density at radius 3 is 2.69 bits per heavy atom. The molecule has 0 spiro atoms. The molecule has 1 rings (SSSR count). The number of aromatic amines is 1. The predicted octanol–water partition coefficient (Wildman–Crippen LogP) is 1.99. The van der Waals surface area contributed by atoms with Gasteiger partial charge in [0.1, 0.15) is 0 Å². The highest BCUT2D eigenvalue weighted by Crippen LogP contribution is 2.14. The normalized spacial score (nSPS) is 9.92. The number of aryl methyl sites for hydroxylation is 2. The van der Waals surface area contributed by atoms with Gasteiger partial charge < -0.3 is 0 Å². The van der Waals surface area contributed by atoms with Crippen LogP contribution in [0.15, 0.2) is 0 Å². The summed E-state index contributed by atoms with van der Waals surface area (Å²) in [5.74, 6) is 0. The molecule has 0 aliphatic carbocycles. The Morgan fingerprint density at radius 2 is 2.15 bits per heavy atom. The SMILES string of the molecule is CCc1n[nH]c(CC)c1CCC#N. The fraction of sp³-hybridized carbons (Fsp3) is 0.600. The molecule has 0 fully saturated rings. The molecule has 0 radical (unpaired) electrons. The summed E-state index contributed by atoms with van der Waals surface area (Å²) in [7, 11) is 0. The lowest BCUT2D eigenvalue weighted by atomic mass is 10.0. The first-order valence-electron chi connectivity index (χ1n) is 4.75. The van der Waals surface area contributed by atoms with E-state index in [-0.39, 0.29) is 0 Å². The van der Waals surface area contributed by atoms with Crippen LogP contribution >= 0.6 is 0 Å². The van der Waals surface area contributed by atoms with Crippen LogP contribution in [0.5, 0.6) is 0 Å². The average Bonchev–Trinajstić information content (AvgIpc) is 2.56. The summed E-state index contributed by atoms with van der Waals surface area (Å²) in [5.41, 5.74) is 3.56. The summed E-state index contributed by atoms with van der Waals surface area (Å²) >= 11 is 0. The van der Waals surface area contributed by atoms with Crippen molar-refractivity contribution >= 4 is 0 Å². The third-order valence-electron chi connectivity index (χ3n) is 2.21. The van der Waals surface area contributed by atoms with Gasteiger partial charge in [0.15, 0.2) is 0 Å². The molecule has 13 heavy (non-hydrogen) atoms. The summed E-state index contributed by atoms with van der Waals surface area (Å²) in [6.45, 7) is 4.19. The third kappa shape index (κ3) is 2.09. The van der Waals surface area contributed by atoms with Gasteiger partial charge in [-0.05, 0) is 24.8 Å². The summed E-state index contributed by atoms with van der Waals surface area (Å²) in [5, 5.41) is 15.8. The zero-order valence-electron chi connectivity index (χ0n) is 8.22. The van der Waals surface area contributed by atoms with E-state index >= 15 is 0 Å². The van der Waals surface area contributed by atoms with Crippen LogP contribution in [-0.4, -0.2) is 10.2 Å². The summed E-state index contributed by atoms with van der Waals surface area (Å²) < 4.78 is 0. The molecule has 0 unspecified atom stereocenters. The zero-order chi connectivity index (χ0) is 9.68. The largest absolute Gasteiger partial charge is 0.282 e. The number of hydrogen-bond donors (Lipinski definition) is 1. The second kappa shape index (κ2) is 4.66. The number of hydrogen-bond acceptors (Lipinski definition) is 2. The molecule has 0 aromatic carbocycles. The van der Waals surface area contributed by atoms with Crippen molar-refractivity contribution in [1.29, 1.82) is 5.26 Å². The van der Waals surface area contributed by atoms with Crippen molar-refractivity contribution in [2.75, 3.05) is 0 Å². The van der Waals surface area contributed by atoms with E-state index in [2.05, 4.69) is 30.1 Å². The topological polar surface area (TPSA) is 52.5 Å². The van der Waals surface area contributed by atoms with Crippen LogP contribution in [0.25, 0.3) is 0 Å². The van der Waals surface area contributed by atoms with Gasteiger partial charge in [-0.25, -0.2) is 0 Å². The molecule has 0 atom stereocenters. The minimum Gasteiger partial charge on any atom is -0.282 e. The average molecular weight is 177 g/mol. The van der Waals surface area contributed by atoms with Gasteiger partial charge in [0, 0.05) is 12.1 Å². The Balaban J connectivity index is 2.86. The number of nitriles is 1. The van der Waals surface area contributed by atoms with Gasteiger partial charge in [0.2, 0.25) is 0 Å². The Labute approximate surface area is 78.8 Å². The first-order chi connectivity index (χ1) is 6.33. The molecule has 70 valence electrons. The van der Waals surface area contributed by atoms with E-state index in [0.29, 0.717) is 6.42 Å². The maximum Gasteiger partial charge on any atom is 0.0654 e. The molecule has 0 aliphatic heterocycles. The van der Waals surface area contributed by atoms with Crippen molar-refractivity contribution in [3.05, 3.63) is 17.0 Å². The molecule has 0 saturated carbocycles. The highest BCUT2D eigenvalue weighted by atomic mass is 15.1. The van der Waals surface area contributed by atoms with Crippen molar-refractivity contribution in [3.63, 3.8) is 0 Å². The Bertz CT molecular complexity index is 285. The second-order valence-corrected chi connectivity index (χ2v) is 2.99. The Morgan fingerprint density at radius 1 is 1.38 bits per heavy atom. The lowest BCUT2D eigenvalue weighted by Gasteiger charge is -1.99. The van der Waals surface area contributed by atoms with Crippen LogP contribution in [0, 0.1) is 11.3 Å². The van der Waals surface area contributed by atoms with Crippen molar-refractivity contribution in [3.8, 4) is 6.07 Å². The van der Waals surface area contributed by atoms with E-state index in [0.717, 1.165) is 25.0 Å². The number of H-pyrrole nitrogens is 1. The second-order valence-electron chi connectivity index (χ2n) is 2.99. The molecule has 0 aliphatic rings. The number of nitrogens with zero attached hydrogens (tertiary/aromatic N) is 2. The van der Waals surface area contributed by atoms with E-state index in [1.54, 1.807) is 0 Å². The van der Waals surface area contributed by atoms with Crippen molar-refractivity contribution < 1.29 is 0 Å². The zero-order valence-corrected chi connectivity index (χ0v) is 8.22. The fourth-order valence-corrected chi connectivity index (χ4v) is 1.51. The highest BCUT2D eigenvalue weighted by molar-refractivity contribution is 5.26. The third-order valence-corrected chi connectivity index (χ3v) is 2.21. The Hall–Kier alpha value is -1.30. The van der Waals surface area contributed by atoms with E-state index < -0.39 is 0 Å². The van der Waals surface area contributed by atoms with Crippen LogP contribution in [0.1, 0.15) is 37.2 Å². The molecule has 1 heterocycles.